The first-order chi connectivity index (χ1) is 14.9. The van der Waals surface area contributed by atoms with Gasteiger partial charge in [-0.3, -0.25) is 9.59 Å². The van der Waals surface area contributed by atoms with Crippen LogP contribution in [0.4, 0.5) is 0 Å². The van der Waals surface area contributed by atoms with E-state index in [1.165, 1.54) is 0 Å². The van der Waals surface area contributed by atoms with E-state index in [0.29, 0.717) is 24.4 Å². The maximum Gasteiger partial charge on any atom is 0.247 e. The van der Waals surface area contributed by atoms with Gasteiger partial charge in [0, 0.05) is 37.8 Å². The maximum atomic E-state index is 13.0. The third kappa shape index (κ3) is 4.92. The number of hydrogen-bond acceptors (Lipinski definition) is 6. The van der Waals surface area contributed by atoms with E-state index in [1.54, 1.807) is 18.1 Å². The average Bonchev–Trinajstić information content (AvgIpc) is 3.13. The fraction of sp³-hybridized carbons (Fsp3) is 0.565. The quantitative estimate of drug-likeness (QED) is 0.534. The third-order valence-electron chi connectivity index (χ3n) is 5.68. The molecule has 4 unspecified atom stereocenters. The summed E-state index contributed by atoms with van der Waals surface area (Å²) in [5.41, 5.74) is 1.26. The zero-order valence-electron chi connectivity index (χ0n) is 18.3. The minimum absolute atomic E-state index is 0.114. The number of rotatable bonds is 9. The number of aliphatic hydroxyl groups excluding tert-OH is 2. The largest absolute Gasteiger partial charge is 0.486 e. The van der Waals surface area contributed by atoms with Gasteiger partial charge in [-0.25, -0.2) is 0 Å². The predicted molar refractivity (Wildman–Crippen MR) is 115 cm³/mol. The normalized spacial score (nSPS) is 24.1. The van der Waals surface area contributed by atoms with Gasteiger partial charge in [0.05, 0.1) is 25.2 Å². The monoisotopic (exact) mass is 432 g/mol. The average molecular weight is 433 g/mol. The number of nitrogens with zero attached hydrogens (tertiary/aromatic N) is 1. The lowest BCUT2D eigenvalue weighted by Crippen LogP contribution is -2.56. The van der Waals surface area contributed by atoms with E-state index in [2.05, 4.69) is 5.32 Å². The fourth-order valence-electron chi connectivity index (χ4n) is 4.29. The Morgan fingerprint density at radius 1 is 1.29 bits per heavy atom. The molecule has 2 aliphatic rings. The van der Waals surface area contributed by atoms with Gasteiger partial charge in [0.2, 0.25) is 11.8 Å². The van der Waals surface area contributed by atoms with Crippen LogP contribution in [0.1, 0.15) is 31.7 Å². The molecule has 0 spiro atoms. The van der Waals surface area contributed by atoms with Gasteiger partial charge >= 0.3 is 0 Å². The van der Waals surface area contributed by atoms with Crippen molar-refractivity contribution in [3.8, 4) is 5.75 Å². The number of benzene rings is 1. The number of ether oxygens (including phenoxy) is 2. The van der Waals surface area contributed by atoms with E-state index in [9.17, 15) is 14.7 Å². The van der Waals surface area contributed by atoms with Crippen LogP contribution in [0, 0.1) is 5.92 Å². The zero-order valence-corrected chi connectivity index (χ0v) is 18.3. The number of hydrogen-bond donors (Lipinski definition) is 3. The summed E-state index contributed by atoms with van der Waals surface area (Å²) < 4.78 is 11.2. The molecule has 0 fully saturated rings. The molecule has 0 bridgehead atoms. The maximum absolute atomic E-state index is 13.0. The van der Waals surface area contributed by atoms with Gasteiger partial charge in [0.1, 0.15) is 18.0 Å². The van der Waals surface area contributed by atoms with E-state index in [0.717, 1.165) is 5.56 Å². The first-order valence-electron chi connectivity index (χ1n) is 10.7. The second-order valence-electron chi connectivity index (χ2n) is 8.36. The summed E-state index contributed by atoms with van der Waals surface area (Å²) in [7, 11) is 1.55. The number of aliphatic hydroxyl groups is 2. The molecule has 1 aromatic carbocycles. The molecule has 8 heteroatoms. The Balaban J connectivity index is 2.01. The van der Waals surface area contributed by atoms with Crippen LogP contribution < -0.4 is 10.1 Å². The summed E-state index contributed by atoms with van der Waals surface area (Å²) in [4.78, 5) is 27.6. The van der Waals surface area contributed by atoms with Crippen molar-refractivity contribution in [3.05, 3.63) is 41.5 Å². The minimum Gasteiger partial charge on any atom is -0.486 e. The third-order valence-corrected chi connectivity index (χ3v) is 5.68. The van der Waals surface area contributed by atoms with Crippen LogP contribution >= 0.6 is 0 Å². The summed E-state index contributed by atoms with van der Waals surface area (Å²) in [6.07, 6.45) is 0.291. The molecule has 4 atom stereocenters. The molecule has 0 saturated carbocycles. The van der Waals surface area contributed by atoms with Crippen LogP contribution in [0.25, 0.3) is 0 Å². The lowest BCUT2D eigenvalue weighted by atomic mass is 9.77. The summed E-state index contributed by atoms with van der Waals surface area (Å²) in [6, 6.07) is 6.67. The van der Waals surface area contributed by atoms with Gasteiger partial charge in [-0.05, 0) is 18.1 Å². The van der Waals surface area contributed by atoms with Crippen LogP contribution in [0.15, 0.2) is 35.9 Å². The summed E-state index contributed by atoms with van der Waals surface area (Å²) >= 11 is 0. The van der Waals surface area contributed by atoms with Crippen LogP contribution in [-0.4, -0.2) is 78.6 Å². The topological polar surface area (TPSA) is 108 Å². The molecule has 3 N–H and O–H groups in total. The van der Waals surface area contributed by atoms with Gasteiger partial charge in [-0.2, -0.15) is 0 Å². The van der Waals surface area contributed by atoms with Crippen molar-refractivity contribution in [2.45, 2.75) is 44.4 Å². The number of carbonyl (C=O) groups is 2. The van der Waals surface area contributed by atoms with Crippen LogP contribution in [0.3, 0.4) is 0 Å². The smallest absolute Gasteiger partial charge is 0.247 e. The van der Waals surface area contributed by atoms with Gasteiger partial charge < -0.3 is 29.9 Å². The molecule has 0 saturated heterocycles. The van der Waals surface area contributed by atoms with E-state index in [4.69, 9.17) is 14.6 Å². The highest BCUT2D eigenvalue weighted by Crippen LogP contribution is 2.47. The van der Waals surface area contributed by atoms with Gasteiger partial charge in [0.25, 0.3) is 0 Å². The standard InChI is InChI=1S/C23H32N2O6/c1-14(2)12-19(27)25(9-11-30-3)17-13-16(23(29)24-8-10-26)20-15-6-4-5-7-18(15)31-22(20)21(17)28/h4-7,13-14,17,20-22,26,28H,8-12H2,1-3H3,(H,24,29). The molecule has 170 valence electrons. The lowest BCUT2D eigenvalue weighted by Gasteiger charge is -2.41. The van der Waals surface area contributed by atoms with Crippen molar-refractivity contribution in [2.24, 2.45) is 5.92 Å². The summed E-state index contributed by atoms with van der Waals surface area (Å²) in [5, 5.41) is 23.1. The second kappa shape index (κ2) is 10.3. The van der Waals surface area contributed by atoms with E-state index >= 15 is 0 Å². The Hall–Kier alpha value is -2.42. The van der Waals surface area contributed by atoms with Gasteiger partial charge in [0.15, 0.2) is 0 Å². The number of carbonyl (C=O) groups excluding carboxylic acids is 2. The molecular weight excluding hydrogens is 400 g/mol. The lowest BCUT2D eigenvalue weighted by molar-refractivity contribution is -0.138. The zero-order chi connectivity index (χ0) is 22.5. The van der Waals surface area contributed by atoms with Crippen molar-refractivity contribution in [3.63, 3.8) is 0 Å². The minimum atomic E-state index is -1.01. The Labute approximate surface area is 182 Å². The molecule has 2 amide bonds. The molecule has 8 nitrogen and oxygen atoms in total. The highest BCUT2D eigenvalue weighted by molar-refractivity contribution is 5.96. The first-order valence-corrected chi connectivity index (χ1v) is 10.7. The number of nitrogens with one attached hydrogen (secondary N) is 1. The molecule has 0 aromatic heterocycles. The number of methoxy groups -OCH3 is 1. The SMILES string of the molecule is COCCN(C(=O)CC(C)C)C1C=C(C(=O)NCCO)C2c3ccccc3OC2C1O. The van der Waals surface area contributed by atoms with E-state index < -0.39 is 24.2 Å². The second-order valence-corrected chi connectivity index (χ2v) is 8.36. The number of fused-ring (bicyclic) bond motifs is 3. The Kier molecular flexibility index (Phi) is 7.69. The highest BCUT2D eigenvalue weighted by atomic mass is 16.5. The van der Waals surface area contributed by atoms with Crippen molar-refractivity contribution >= 4 is 11.8 Å². The van der Waals surface area contributed by atoms with Crippen molar-refractivity contribution in [1.82, 2.24) is 10.2 Å². The molecule has 1 aliphatic heterocycles. The molecule has 31 heavy (non-hydrogen) atoms. The van der Waals surface area contributed by atoms with E-state index in [-0.39, 0.29) is 37.4 Å². The van der Waals surface area contributed by atoms with Crippen LogP contribution in [0.5, 0.6) is 5.75 Å². The number of amides is 2. The summed E-state index contributed by atoms with van der Waals surface area (Å²) in [5.74, 6) is -0.143. The van der Waals surface area contributed by atoms with Crippen molar-refractivity contribution in [1.29, 1.82) is 0 Å². The van der Waals surface area contributed by atoms with Crippen molar-refractivity contribution in [2.75, 3.05) is 33.4 Å². The Bertz CT molecular complexity index is 824. The summed E-state index contributed by atoms with van der Waals surface area (Å²) in [6.45, 7) is 4.44. The van der Waals surface area contributed by atoms with Gasteiger partial charge in [-0.1, -0.05) is 32.0 Å². The molecular formula is C23H32N2O6. The van der Waals surface area contributed by atoms with E-state index in [1.807, 2.05) is 38.1 Å². The first kappa shape index (κ1) is 23.2. The molecule has 3 rings (SSSR count). The van der Waals surface area contributed by atoms with Crippen molar-refractivity contribution < 1.29 is 29.3 Å². The Morgan fingerprint density at radius 2 is 2.03 bits per heavy atom. The Morgan fingerprint density at radius 3 is 2.71 bits per heavy atom. The highest BCUT2D eigenvalue weighted by Gasteiger charge is 2.50. The predicted octanol–water partition coefficient (Wildman–Crippen LogP) is 0.830. The van der Waals surface area contributed by atoms with Crippen LogP contribution in [0.2, 0.25) is 0 Å². The molecule has 0 radical (unpaired) electrons. The molecule has 1 aromatic rings. The van der Waals surface area contributed by atoms with Crippen LogP contribution in [-0.2, 0) is 14.3 Å². The van der Waals surface area contributed by atoms with Gasteiger partial charge in [-0.15, -0.1) is 0 Å². The fourth-order valence-corrected chi connectivity index (χ4v) is 4.29. The number of para-hydroxylation sites is 1. The molecule has 1 aliphatic carbocycles. The molecule has 1 heterocycles.